The fourth-order valence-electron chi connectivity index (χ4n) is 1.16. The predicted octanol–water partition coefficient (Wildman–Crippen LogP) is 0.607. The Kier molecular flexibility index (Phi) is 3.76. The van der Waals surface area contributed by atoms with Crippen molar-refractivity contribution >= 4 is 5.82 Å². The molecule has 1 aromatic rings. The van der Waals surface area contributed by atoms with E-state index in [2.05, 4.69) is 9.97 Å². The van der Waals surface area contributed by atoms with Crippen LogP contribution in [0.25, 0.3) is 0 Å². The van der Waals surface area contributed by atoms with Gasteiger partial charge < -0.3 is 10.0 Å². The van der Waals surface area contributed by atoms with Crippen LogP contribution in [0, 0.1) is 5.82 Å². The summed E-state index contributed by atoms with van der Waals surface area (Å²) in [4.78, 5) is 9.22. The molecule has 0 amide bonds. The number of aryl methyl sites for hydroxylation is 1. The van der Waals surface area contributed by atoms with Crippen LogP contribution < -0.4 is 4.90 Å². The molecule has 4 nitrogen and oxygen atoms in total. The van der Waals surface area contributed by atoms with Crippen molar-refractivity contribution in [3.8, 4) is 0 Å². The number of halogens is 1. The lowest BCUT2D eigenvalue weighted by molar-refractivity contribution is 0.303. The summed E-state index contributed by atoms with van der Waals surface area (Å²) in [7, 11) is 1.68. The van der Waals surface area contributed by atoms with E-state index in [0.29, 0.717) is 18.7 Å². The van der Waals surface area contributed by atoms with Crippen LogP contribution in [0.1, 0.15) is 12.6 Å². The molecule has 5 heteroatoms. The molecule has 0 spiro atoms. The lowest BCUT2D eigenvalue weighted by Crippen LogP contribution is -2.24. The highest BCUT2D eigenvalue weighted by Gasteiger charge is 2.12. The summed E-state index contributed by atoms with van der Waals surface area (Å²) in [5.41, 5.74) is 0.403. The zero-order valence-corrected chi connectivity index (χ0v) is 8.37. The van der Waals surface area contributed by atoms with Gasteiger partial charge in [0.05, 0.1) is 12.3 Å². The first-order valence-corrected chi connectivity index (χ1v) is 4.52. The zero-order valence-electron chi connectivity index (χ0n) is 8.37. The average Bonchev–Trinajstić information content (AvgIpc) is 2.18. The molecule has 0 aromatic carbocycles. The quantitative estimate of drug-likeness (QED) is 0.771. The molecule has 0 aliphatic heterocycles. The minimum absolute atomic E-state index is 0.0264. The Labute approximate surface area is 82.4 Å². The van der Waals surface area contributed by atoms with Crippen LogP contribution in [0.5, 0.6) is 0 Å². The Hall–Kier alpha value is -1.23. The van der Waals surface area contributed by atoms with Gasteiger partial charge in [-0.05, 0) is 6.42 Å². The fraction of sp³-hybridized carbons (Fsp3) is 0.556. The SMILES string of the molecule is CCc1ncnc(N(C)CCO)c1F. The number of aliphatic hydroxyl groups is 1. The zero-order chi connectivity index (χ0) is 10.6. The number of nitrogens with zero attached hydrogens (tertiary/aromatic N) is 3. The minimum atomic E-state index is -0.397. The number of aromatic nitrogens is 2. The minimum Gasteiger partial charge on any atom is -0.395 e. The number of likely N-dealkylation sites (N-methyl/N-ethyl adjacent to an activating group) is 1. The van der Waals surface area contributed by atoms with Crippen molar-refractivity contribution in [2.24, 2.45) is 0 Å². The molecule has 0 atom stereocenters. The van der Waals surface area contributed by atoms with E-state index in [9.17, 15) is 4.39 Å². The summed E-state index contributed by atoms with van der Waals surface area (Å²) in [6.07, 6.45) is 1.87. The monoisotopic (exact) mass is 199 g/mol. The van der Waals surface area contributed by atoms with Gasteiger partial charge in [0.2, 0.25) is 0 Å². The molecule has 14 heavy (non-hydrogen) atoms. The van der Waals surface area contributed by atoms with Crippen LogP contribution in [0.15, 0.2) is 6.33 Å². The van der Waals surface area contributed by atoms with Gasteiger partial charge in [-0.3, -0.25) is 0 Å². The van der Waals surface area contributed by atoms with E-state index in [-0.39, 0.29) is 12.4 Å². The van der Waals surface area contributed by atoms with Crippen LogP contribution in [0.4, 0.5) is 10.2 Å². The van der Waals surface area contributed by atoms with Crippen LogP contribution in [0.3, 0.4) is 0 Å². The van der Waals surface area contributed by atoms with E-state index in [1.165, 1.54) is 6.33 Å². The van der Waals surface area contributed by atoms with Gasteiger partial charge >= 0.3 is 0 Å². The van der Waals surface area contributed by atoms with E-state index in [4.69, 9.17) is 5.11 Å². The normalized spacial score (nSPS) is 10.3. The largest absolute Gasteiger partial charge is 0.395 e. The average molecular weight is 199 g/mol. The highest BCUT2D eigenvalue weighted by Crippen LogP contribution is 2.16. The van der Waals surface area contributed by atoms with Crippen molar-refractivity contribution in [3.63, 3.8) is 0 Å². The second kappa shape index (κ2) is 4.85. The third-order valence-corrected chi connectivity index (χ3v) is 1.98. The highest BCUT2D eigenvalue weighted by atomic mass is 19.1. The molecule has 1 N–H and O–H groups in total. The molecule has 0 saturated heterocycles. The first kappa shape index (κ1) is 10.8. The molecule has 1 heterocycles. The molecule has 78 valence electrons. The Balaban J connectivity index is 2.96. The van der Waals surface area contributed by atoms with Gasteiger partial charge in [0.1, 0.15) is 6.33 Å². The van der Waals surface area contributed by atoms with Gasteiger partial charge in [0.15, 0.2) is 11.6 Å². The smallest absolute Gasteiger partial charge is 0.187 e. The molecule has 0 unspecified atom stereocenters. The molecular weight excluding hydrogens is 185 g/mol. The summed E-state index contributed by atoms with van der Waals surface area (Å²) < 4.78 is 13.6. The maximum Gasteiger partial charge on any atom is 0.187 e. The Morgan fingerprint density at radius 2 is 2.21 bits per heavy atom. The van der Waals surface area contributed by atoms with E-state index < -0.39 is 5.82 Å². The van der Waals surface area contributed by atoms with Crippen molar-refractivity contribution in [3.05, 3.63) is 17.8 Å². The Morgan fingerprint density at radius 1 is 1.50 bits per heavy atom. The van der Waals surface area contributed by atoms with Crippen LogP contribution in [-0.4, -0.2) is 35.3 Å². The topological polar surface area (TPSA) is 49.2 Å². The van der Waals surface area contributed by atoms with E-state index >= 15 is 0 Å². The highest BCUT2D eigenvalue weighted by molar-refractivity contribution is 5.39. The predicted molar refractivity (Wildman–Crippen MR) is 51.7 cm³/mol. The number of rotatable bonds is 4. The van der Waals surface area contributed by atoms with Crippen LogP contribution in [0.2, 0.25) is 0 Å². The third kappa shape index (κ3) is 2.17. The maximum atomic E-state index is 13.6. The fourth-order valence-corrected chi connectivity index (χ4v) is 1.16. The van der Waals surface area contributed by atoms with Crippen LogP contribution in [-0.2, 0) is 6.42 Å². The number of anilines is 1. The number of hydrogen-bond acceptors (Lipinski definition) is 4. The molecule has 1 rings (SSSR count). The number of hydrogen-bond donors (Lipinski definition) is 1. The molecule has 0 aliphatic carbocycles. The van der Waals surface area contributed by atoms with Crippen molar-refractivity contribution in [2.75, 3.05) is 25.1 Å². The molecule has 0 fully saturated rings. The van der Waals surface area contributed by atoms with Gasteiger partial charge in [0.25, 0.3) is 0 Å². The second-order valence-corrected chi connectivity index (χ2v) is 2.96. The van der Waals surface area contributed by atoms with E-state index in [0.717, 1.165) is 0 Å². The summed E-state index contributed by atoms with van der Waals surface area (Å²) in [5.74, 6) is -0.156. The summed E-state index contributed by atoms with van der Waals surface area (Å²) in [6, 6.07) is 0. The van der Waals surface area contributed by atoms with E-state index in [1.54, 1.807) is 11.9 Å². The summed E-state index contributed by atoms with van der Waals surface area (Å²) in [5, 5.41) is 8.71. The third-order valence-electron chi connectivity index (χ3n) is 1.98. The van der Waals surface area contributed by atoms with Gasteiger partial charge in [-0.1, -0.05) is 6.92 Å². The molecule has 0 aliphatic rings. The molecule has 0 radical (unpaired) electrons. The Morgan fingerprint density at radius 3 is 2.79 bits per heavy atom. The van der Waals surface area contributed by atoms with Crippen LogP contribution >= 0.6 is 0 Å². The van der Waals surface area contributed by atoms with Crippen molar-refractivity contribution < 1.29 is 9.50 Å². The molecule has 0 saturated carbocycles. The van der Waals surface area contributed by atoms with Gasteiger partial charge in [0, 0.05) is 13.6 Å². The first-order chi connectivity index (χ1) is 6.70. The summed E-state index contributed by atoms with van der Waals surface area (Å²) in [6.45, 7) is 2.17. The molecular formula is C9H14FN3O. The van der Waals surface area contributed by atoms with Crippen molar-refractivity contribution in [1.82, 2.24) is 9.97 Å². The van der Waals surface area contributed by atoms with E-state index in [1.807, 2.05) is 6.92 Å². The standard InChI is InChI=1S/C9H14FN3O/c1-3-7-8(10)9(12-6-11-7)13(2)4-5-14/h6,14H,3-5H2,1-2H3. The lowest BCUT2D eigenvalue weighted by Gasteiger charge is -2.17. The first-order valence-electron chi connectivity index (χ1n) is 4.52. The van der Waals surface area contributed by atoms with Gasteiger partial charge in [-0.2, -0.15) is 0 Å². The maximum absolute atomic E-state index is 13.6. The number of aliphatic hydroxyl groups excluding tert-OH is 1. The lowest BCUT2D eigenvalue weighted by atomic mass is 10.3. The molecule has 1 aromatic heterocycles. The molecule has 0 bridgehead atoms. The van der Waals surface area contributed by atoms with Crippen molar-refractivity contribution in [1.29, 1.82) is 0 Å². The Bertz CT molecular complexity index is 306. The second-order valence-electron chi connectivity index (χ2n) is 2.96. The van der Waals surface area contributed by atoms with Gasteiger partial charge in [-0.15, -0.1) is 0 Å². The van der Waals surface area contributed by atoms with Gasteiger partial charge in [-0.25, -0.2) is 14.4 Å². The summed E-state index contributed by atoms with van der Waals surface area (Å²) >= 11 is 0. The van der Waals surface area contributed by atoms with Crippen molar-refractivity contribution in [2.45, 2.75) is 13.3 Å².